The number of amides is 2. The zero-order valence-corrected chi connectivity index (χ0v) is 12.5. The molecule has 3 N–H and O–H groups in total. The molecule has 0 aliphatic heterocycles. The molecule has 1 aromatic heterocycles. The van der Waals surface area contributed by atoms with Crippen molar-refractivity contribution < 1.29 is 14.7 Å². The Morgan fingerprint density at radius 1 is 1.50 bits per heavy atom. The SMILES string of the molecule is CC(C)[C@@H](NC(=O)NCc1cc(Br)cs1)C(=O)O. The van der Waals surface area contributed by atoms with E-state index in [1.54, 1.807) is 13.8 Å². The van der Waals surface area contributed by atoms with Gasteiger partial charge in [0.1, 0.15) is 6.04 Å². The number of aliphatic carboxylic acids is 1. The third-order valence-electron chi connectivity index (χ3n) is 2.26. The summed E-state index contributed by atoms with van der Waals surface area (Å²) in [6.45, 7) is 3.87. The van der Waals surface area contributed by atoms with E-state index in [2.05, 4.69) is 26.6 Å². The normalized spacial score (nSPS) is 12.2. The molecule has 1 atom stereocenters. The highest BCUT2D eigenvalue weighted by atomic mass is 79.9. The zero-order valence-electron chi connectivity index (χ0n) is 10.1. The largest absolute Gasteiger partial charge is 0.480 e. The Bertz CT molecular complexity index is 434. The molecular weight excluding hydrogens is 320 g/mol. The molecule has 0 fully saturated rings. The molecule has 1 rings (SSSR count). The smallest absolute Gasteiger partial charge is 0.326 e. The van der Waals surface area contributed by atoms with Gasteiger partial charge in [0.25, 0.3) is 0 Å². The molecule has 0 saturated heterocycles. The standard InChI is InChI=1S/C11H15BrN2O3S/c1-6(2)9(10(15)16)14-11(17)13-4-8-3-7(12)5-18-8/h3,5-6,9H,4H2,1-2H3,(H,15,16)(H2,13,14,17)/t9-/m1/s1. The van der Waals surface area contributed by atoms with Crippen molar-refractivity contribution in [3.8, 4) is 0 Å². The van der Waals surface area contributed by atoms with Gasteiger partial charge in [-0.05, 0) is 27.9 Å². The van der Waals surface area contributed by atoms with Crippen LogP contribution >= 0.6 is 27.3 Å². The third kappa shape index (κ3) is 4.66. The van der Waals surface area contributed by atoms with Crippen molar-refractivity contribution in [3.05, 3.63) is 20.8 Å². The monoisotopic (exact) mass is 334 g/mol. The molecule has 2 amide bonds. The Hall–Kier alpha value is -1.08. The van der Waals surface area contributed by atoms with Crippen LogP contribution in [0.4, 0.5) is 4.79 Å². The van der Waals surface area contributed by atoms with Gasteiger partial charge < -0.3 is 15.7 Å². The lowest BCUT2D eigenvalue weighted by Gasteiger charge is -2.18. The van der Waals surface area contributed by atoms with Gasteiger partial charge in [-0.1, -0.05) is 13.8 Å². The van der Waals surface area contributed by atoms with Crippen LogP contribution in [0.25, 0.3) is 0 Å². The molecule has 18 heavy (non-hydrogen) atoms. The number of carbonyl (C=O) groups is 2. The van der Waals surface area contributed by atoms with E-state index in [4.69, 9.17) is 5.11 Å². The van der Waals surface area contributed by atoms with E-state index in [1.165, 1.54) is 11.3 Å². The van der Waals surface area contributed by atoms with E-state index in [1.807, 2.05) is 11.4 Å². The summed E-state index contributed by atoms with van der Waals surface area (Å²) >= 11 is 4.84. The molecule has 0 spiro atoms. The predicted molar refractivity (Wildman–Crippen MR) is 73.7 cm³/mol. The fraction of sp³-hybridized carbons (Fsp3) is 0.455. The lowest BCUT2D eigenvalue weighted by Crippen LogP contribution is -2.48. The Balaban J connectivity index is 2.43. The topological polar surface area (TPSA) is 78.4 Å². The number of hydrogen-bond donors (Lipinski definition) is 3. The molecule has 7 heteroatoms. The molecule has 0 unspecified atom stereocenters. The van der Waals surface area contributed by atoms with Crippen molar-refractivity contribution in [3.63, 3.8) is 0 Å². The molecular formula is C11H15BrN2O3S. The van der Waals surface area contributed by atoms with Crippen LogP contribution in [0.3, 0.4) is 0 Å². The van der Waals surface area contributed by atoms with Gasteiger partial charge in [-0.15, -0.1) is 11.3 Å². The van der Waals surface area contributed by atoms with Crippen molar-refractivity contribution in [2.45, 2.75) is 26.4 Å². The number of hydrogen-bond acceptors (Lipinski definition) is 3. The Kier molecular flexibility index (Phi) is 5.61. The number of carboxylic acid groups (broad SMARTS) is 1. The van der Waals surface area contributed by atoms with E-state index in [-0.39, 0.29) is 5.92 Å². The zero-order chi connectivity index (χ0) is 13.7. The minimum absolute atomic E-state index is 0.163. The maximum absolute atomic E-state index is 11.5. The first kappa shape index (κ1) is 15.0. The number of carbonyl (C=O) groups excluding carboxylic acids is 1. The second kappa shape index (κ2) is 6.75. The third-order valence-corrected chi connectivity index (χ3v) is 3.96. The number of urea groups is 1. The van der Waals surface area contributed by atoms with Crippen LogP contribution in [-0.4, -0.2) is 23.1 Å². The number of thiophene rings is 1. The van der Waals surface area contributed by atoms with E-state index in [0.29, 0.717) is 6.54 Å². The van der Waals surface area contributed by atoms with E-state index in [9.17, 15) is 9.59 Å². The minimum atomic E-state index is -1.03. The Morgan fingerprint density at radius 2 is 2.17 bits per heavy atom. The van der Waals surface area contributed by atoms with Gasteiger partial charge in [0.2, 0.25) is 0 Å². The number of nitrogens with one attached hydrogen (secondary N) is 2. The second-order valence-electron chi connectivity index (χ2n) is 4.12. The molecule has 0 saturated carbocycles. The molecule has 0 radical (unpaired) electrons. The van der Waals surface area contributed by atoms with Gasteiger partial charge in [0.05, 0.1) is 6.54 Å². The molecule has 0 bridgehead atoms. The number of carboxylic acids is 1. The molecule has 0 aromatic carbocycles. The van der Waals surface area contributed by atoms with Gasteiger partial charge in [-0.2, -0.15) is 0 Å². The molecule has 0 aliphatic rings. The average Bonchev–Trinajstić information content (AvgIpc) is 2.68. The first-order valence-corrected chi connectivity index (χ1v) is 7.07. The highest BCUT2D eigenvalue weighted by Crippen LogP contribution is 2.19. The second-order valence-corrected chi connectivity index (χ2v) is 6.03. The highest BCUT2D eigenvalue weighted by molar-refractivity contribution is 9.10. The van der Waals surface area contributed by atoms with Crippen LogP contribution in [0.2, 0.25) is 0 Å². The predicted octanol–water partition coefficient (Wildman–Crippen LogP) is 2.42. The average molecular weight is 335 g/mol. The summed E-state index contributed by atoms with van der Waals surface area (Å²) in [5.74, 6) is -1.19. The first-order chi connectivity index (χ1) is 8.40. The van der Waals surface area contributed by atoms with Crippen molar-refractivity contribution in [1.82, 2.24) is 10.6 Å². The molecule has 1 heterocycles. The lowest BCUT2D eigenvalue weighted by atomic mass is 10.1. The maximum atomic E-state index is 11.5. The van der Waals surface area contributed by atoms with Crippen molar-refractivity contribution >= 4 is 39.3 Å². The van der Waals surface area contributed by atoms with Gasteiger partial charge in [0, 0.05) is 14.7 Å². The van der Waals surface area contributed by atoms with Crippen molar-refractivity contribution in [2.75, 3.05) is 0 Å². The summed E-state index contributed by atoms with van der Waals surface area (Å²) in [6, 6.07) is 0.558. The fourth-order valence-electron chi connectivity index (χ4n) is 1.32. The summed E-state index contributed by atoms with van der Waals surface area (Å²) in [7, 11) is 0. The maximum Gasteiger partial charge on any atom is 0.326 e. The quantitative estimate of drug-likeness (QED) is 0.773. The van der Waals surface area contributed by atoms with Crippen LogP contribution in [-0.2, 0) is 11.3 Å². The Labute approximate surface area is 118 Å². The summed E-state index contributed by atoms with van der Waals surface area (Å²) in [6.07, 6.45) is 0. The summed E-state index contributed by atoms with van der Waals surface area (Å²) < 4.78 is 0.968. The molecule has 5 nitrogen and oxygen atoms in total. The molecule has 1 aromatic rings. The van der Waals surface area contributed by atoms with Gasteiger partial charge >= 0.3 is 12.0 Å². The van der Waals surface area contributed by atoms with Gasteiger partial charge in [-0.3, -0.25) is 0 Å². The molecule has 100 valence electrons. The van der Waals surface area contributed by atoms with Crippen LogP contribution in [0, 0.1) is 5.92 Å². The van der Waals surface area contributed by atoms with Crippen LogP contribution in [0.5, 0.6) is 0 Å². The minimum Gasteiger partial charge on any atom is -0.480 e. The fourth-order valence-corrected chi connectivity index (χ4v) is 2.71. The van der Waals surface area contributed by atoms with Crippen LogP contribution in [0.15, 0.2) is 15.9 Å². The summed E-state index contributed by atoms with van der Waals surface area (Å²) in [5, 5.41) is 15.9. The summed E-state index contributed by atoms with van der Waals surface area (Å²) in [5.41, 5.74) is 0. The van der Waals surface area contributed by atoms with Crippen LogP contribution < -0.4 is 10.6 Å². The van der Waals surface area contributed by atoms with Gasteiger partial charge in [0.15, 0.2) is 0 Å². The van der Waals surface area contributed by atoms with Crippen molar-refractivity contribution in [1.29, 1.82) is 0 Å². The molecule has 0 aliphatic carbocycles. The van der Waals surface area contributed by atoms with Gasteiger partial charge in [-0.25, -0.2) is 9.59 Å². The highest BCUT2D eigenvalue weighted by Gasteiger charge is 2.23. The van der Waals surface area contributed by atoms with Crippen LogP contribution in [0.1, 0.15) is 18.7 Å². The Morgan fingerprint density at radius 3 is 2.61 bits per heavy atom. The summed E-state index contributed by atoms with van der Waals surface area (Å²) in [4.78, 5) is 23.5. The first-order valence-electron chi connectivity index (χ1n) is 5.40. The van der Waals surface area contributed by atoms with Crippen molar-refractivity contribution in [2.24, 2.45) is 5.92 Å². The number of rotatable bonds is 5. The number of halogens is 1. The van der Waals surface area contributed by atoms with E-state index < -0.39 is 18.0 Å². The van der Waals surface area contributed by atoms with E-state index >= 15 is 0 Å². The lowest BCUT2D eigenvalue weighted by molar-refractivity contribution is -0.140. The van der Waals surface area contributed by atoms with E-state index in [0.717, 1.165) is 9.35 Å².